The Bertz CT molecular complexity index is 1260. The molecule has 148 valence electrons. The number of sulfonamides is 1. The molecule has 0 saturated heterocycles. The molecule has 9 nitrogen and oxygen atoms in total. The molecule has 0 unspecified atom stereocenters. The van der Waals surface area contributed by atoms with Gasteiger partial charge in [0.2, 0.25) is 15.9 Å². The number of nitrogens with one attached hydrogen (secondary N) is 1. The molecule has 4 aromatic rings. The SMILES string of the molecule is CN(C)S(=O)(=O)c1ccc(-c2nnc(NC(=O)c3nc4ccccc4s3)o2)cc1. The molecule has 4 rings (SSSR count). The second-order valence-corrected chi connectivity index (χ2v) is 9.35. The molecule has 11 heteroatoms. The summed E-state index contributed by atoms with van der Waals surface area (Å²) in [6.07, 6.45) is 0. The lowest BCUT2D eigenvalue weighted by Crippen LogP contribution is -2.22. The Balaban J connectivity index is 1.51. The van der Waals surface area contributed by atoms with E-state index in [0.717, 1.165) is 14.5 Å². The third-order valence-corrected chi connectivity index (χ3v) is 6.88. The average Bonchev–Trinajstić information content (AvgIpc) is 3.35. The number of para-hydroxylation sites is 1. The minimum atomic E-state index is -3.52. The van der Waals surface area contributed by atoms with Crippen molar-refractivity contribution in [3.63, 3.8) is 0 Å². The van der Waals surface area contributed by atoms with Crippen molar-refractivity contribution in [1.29, 1.82) is 0 Å². The van der Waals surface area contributed by atoms with Crippen molar-refractivity contribution in [3.05, 3.63) is 53.5 Å². The van der Waals surface area contributed by atoms with Crippen LogP contribution in [0.5, 0.6) is 0 Å². The number of aromatic nitrogens is 3. The summed E-state index contributed by atoms with van der Waals surface area (Å²) >= 11 is 1.26. The highest BCUT2D eigenvalue weighted by atomic mass is 32.2. The molecular weight excluding hydrogens is 414 g/mol. The molecular formula is C18H15N5O4S2. The van der Waals surface area contributed by atoms with Gasteiger partial charge in [-0.3, -0.25) is 10.1 Å². The minimum absolute atomic E-state index is 0.0748. The Labute approximate surface area is 170 Å². The number of thiazole rings is 1. The Morgan fingerprint density at radius 2 is 1.79 bits per heavy atom. The van der Waals surface area contributed by atoms with Gasteiger partial charge in [0.25, 0.3) is 5.91 Å². The second kappa shape index (κ2) is 7.35. The number of nitrogens with zero attached hydrogens (tertiary/aromatic N) is 4. The maximum atomic E-state index is 12.4. The topological polar surface area (TPSA) is 118 Å². The zero-order valence-electron chi connectivity index (χ0n) is 15.4. The normalized spacial score (nSPS) is 11.8. The van der Waals surface area contributed by atoms with Gasteiger partial charge in [0, 0.05) is 19.7 Å². The van der Waals surface area contributed by atoms with Gasteiger partial charge in [-0.2, -0.15) is 0 Å². The first-order chi connectivity index (χ1) is 13.8. The second-order valence-electron chi connectivity index (χ2n) is 6.17. The van der Waals surface area contributed by atoms with Crippen molar-refractivity contribution in [2.75, 3.05) is 19.4 Å². The molecule has 2 heterocycles. The third-order valence-electron chi connectivity index (χ3n) is 4.01. The van der Waals surface area contributed by atoms with E-state index >= 15 is 0 Å². The lowest BCUT2D eigenvalue weighted by molar-refractivity contribution is 0.102. The first kappa shape index (κ1) is 19.2. The van der Waals surface area contributed by atoms with Gasteiger partial charge >= 0.3 is 6.01 Å². The van der Waals surface area contributed by atoms with Crippen LogP contribution in [-0.2, 0) is 10.0 Å². The fourth-order valence-electron chi connectivity index (χ4n) is 2.49. The van der Waals surface area contributed by atoms with Gasteiger partial charge in [0.15, 0.2) is 5.01 Å². The lowest BCUT2D eigenvalue weighted by atomic mass is 10.2. The van der Waals surface area contributed by atoms with E-state index in [-0.39, 0.29) is 21.8 Å². The van der Waals surface area contributed by atoms with Crippen LogP contribution in [0.1, 0.15) is 9.80 Å². The van der Waals surface area contributed by atoms with Crippen LogP contribution < -0.4 is 5.32 Å². The smallest absolute Gasteiger partial charge is 0.322 e. The minimum Gasteiger partial charge on any atom is -0.403 e. The van der Waals surface area contributed by atoms with Crippen molar-refractivity contribution in [3.8, 4) is 11.5 Å². The number of hydrogen-bond donors (Lipinski definition) is 1. The lowest BCUT2D eigenvalue weighted by Gasteiger charge is -2.11. The number of anilines is 1. The Morgan fingerprint density at radius 1 is 1.07 bits per heavy atom. The molecule has 0 spiro atoms. The summed E-state index contributed by atoms with van der Waals surface area (Å²) in [6, 6.07) is 13.4. The quantitative estimate of drug-likeness (QED) is 0.518. The van der Waals surface area contributed by atoms with E-state index in [1.807, 2.05) is 24.3 Å². The van der Waals surface area contributed by atoms with E-state index in [1.165, 1.54) is 37.6 Å². The van der Waals surface area contributed by atoms with E-state index in [4.69, 9.17) is 4.42 Å². The van der Waals surface area contributed by atoms with Crippen molar-refractivity contribution >= 4 is 43.5 Å². The Morgan fingerprint density at radius 3 is 2.48 bits per heavy atom. The van der Waals surface area contributed by atoms with Crippen molar-refractivity contribution in [2.45, 2.75) is 4.90 Å². The molecule has 1 N–H and O–H groups in total. The van der Waals surface area contributed by atoms with Crippen LogP contribution in [0.2, 0.25) is 0 Å². The molecule has 0 aliphatic rings. The zero-order chi connectivity index (χ0) is 20.6. The zero-order valence-corrected chi connectivity index (χ0v) is 17.0. The number of rotatable bonds is 5. The van der Waals surface area contributed by atoms with Crippen LogP contribution in [0.3, 0.4) is 0 Å². The summed E-state index contributed by atoms with van der Waals surface area (Å²) in [7, 11) is -0.605. The summed E-state index contributed by atoms with van der Waals surface area (Å²) < 4.78 is 31.8. The molecule has 0 atom stereocenters. The maximum Gasteiger partial charge on any atom is 0.322 e. The summed E-state index contributed by atoms with van der Waals surface area (Å²) in [5.41, 5.74) is 1.26. The van der Waals surface area contributed by atoms with E-state index < -0.39 is 15.9 Å². The average molecular weight is 429 g/mol. The molecule has 29 heavy (non-hydrogen) atoms. The van der Waals surface area contributed by atoms with Crippen LogP contribution in [-0.4, -0.2) is 47.9 Å². The number of amides is 1. The van der Waals surface area contributed by atoms with Gasteiger partial charge in [0.05, 0.1) is 15.1 Å². The Hall–Kier alpha value is -3.15. The van der Waals surface area contributed by atoms with Crippen molar-refractivity contribution < 1.29 is 17.6 Å². The van der Waals surface area contributed by atoms with Crippen LogP contribution in [0.25, 0.3) is 21.7 Å². The first-order valence-corrected chi connectivity index (χ1v) is 10.6. The van der Waals surface area contributed by atoms with Gasteiger partial charge in [-0.1, -0.05) is 17.2 Å². The van der Waals surface area contributed by atoms with E-state index in [1.54, 1.807) is 12.1 Å². The van der Waals surface area contributed by atoms with Gasteiger partial charge in [-0.05, 0) is 36.4 Å². The predicted octanol–water partition coefficient (Wildman–Crippen LogP) is 2.85. The third kappa shape index (κ3) is 3.75. The van der Waals surface area contributed by atoms with Gasteiger partial charge < -0.3 is 4.42 Å². The van der Waals surface area contributed by atoms with Crippen LogP contribution in [0, 0.1) is 0 Å². The standard InChI is InChI=1S/C18H15N5O4S2/c1-23(2)29(25,26)12-9-7-11(8-10-12)16-21-22-18(27-16)20-15(24)17-19-13-5-3-4-6-14(13)28-17/h3-10H,1-2H3,(H,20,22,24). The number of carbonyl (C=O) groups excluding carboxylic acids is 1. The van der Waals surface area contributed by atoms with Crippen LogP contribution in [0.4, 0.5) is 6.01 Å². The number of benzene rings is 2. The summed E-state index contributed by atoms with van der Waals surface area (Å²) in [5.74, 6) is -0.299. The van der Waals surface area contributed by atoms with Gasteiger partial charge in [0.1, 0.15) is 0 Å². The van der Waals surface area contributed by atoms with Crippen molar-refractivity contribution in [2.24, 2.45) is 0 Å². The predicted molar refractivity (Wildman–Crippen MR) is 108 cm³/mol. The largest absolute Gasteiger partial charge is 0.403 e. The molecule has 2 aromatic heterocycles. The highest BCUT2D eigenvalue weighted by molar-refractivity contribution is 7.89. The van der Waals surface area contributed by atoms with Crippen LogP contribution >= 0.6 is 11.3 Å². The number of fused-ring (bicyclic) bond motifs is 1. The van der Waals surface area contributed by atoms with Crippen molar-refractivity contribution in [1.82, 2.24) is 19.5 Å². The van der Waals surface area contributed by atoms with Gasteiger partial charge in [-0.15, -0.1) is 16.4 Å². The summed E-state index contributed by atoms with van der Waals surface area (Å²) in [6.45, 7) is 0. The molecule has 0 aliphatic carbocycles. The maximum absolute atomic E-state index is 12.4. The molecule has 0 aliphatic heterocycles. The highest BCUT2D eigenvalue weighted by Gasteiger charge is 2.19. The molecule has 0 bridgehead atoms. The molecule has 0 fully saturated rings. The van der Waals surface area contributed by atoms with E-state index in [0.29, 0.717) is 5.56 Å². The highest BCUT2D eigenvalue weighted by Crippen LogP contribution is 2.24. The van der Waals surface area contributed by atoms with Crippen LogP contribution in [0.15, 0.2) is 57.8 Å². The molecule has 0 saturated carbocycles. The summed E-state index contributed by atoms with van der Waals surface area (Å²) in [5, 5.41) is 10.5. The molecule has 2 aromatic carbocycles. The Kier molecular flexibility index (Phi) is 4.86. The van der Waals surface area contributed by atoms with E-state index in [2.05, 4.69) is 20.5 Å². The fraction of sp³-hybridized carbons (Fsp3) is 0.111. The fourth-order valence-corrected chi connectivity index (χ4v) is 4.25. The monoisotopic (exact) mass is 429 g/mol. The first-order valence-electron chi connectivity index (χ1n) is 8.38. The number of carbonyl (C=O) groups is 1. The number of hydrogen-bond acceptors (Lipinski definition) is 8. The summed E-state index contributed by atoms with van der Waals surface area (Å²) in [4.78, 5) is 16.8. The van der Waals surface area contributed by atoms with Gasteiger partial charge in [-0.25, -0.2) is 17.7 Å². The molecule has 1 amide bonds. The van der Waals surface area contributed by atoms with E-state index in [9.17, 15) is 13.2 Å². The molecule has 0 radical (unpaired) electrons.